The minimum Gasteiger partial charge on any atom is -0.303 e. The standard InChI is InChI=1S/C7H13ClO/c1-7(4-5-8)3-2-6-9/h6-7H,2-5H2,1H3. The first-order chi connectivity index (χ1) is 4.31. The molecule has 2 heteroatoms. The number of alkyl halides is 1. The summed E-state index contributed by atoms with van der Waals surface area (Å²) in [4.78, 5) is 9.88. The number of hydrogen-bond acceptors (Lipinski definition) is 1. The predicted molar refractivity (Wildman–Crippen MR) is 39.8 cm³/mol. The van der Waals surface area contributed by atoms with Gasteiger partial charge in [-0.1, -0.05) is 6.92 Å². The average Bonchev–Trinajstić information content (AvgIpc) is 1.85. The van der Waals surface area contributed by atoms with Gasteiger partial charge in [0, 0.05) is 12.3 Å². The smallest absolute Gasteiger partial charge is 0.120 e. The molecule has 54 valence electrons. The highest BCUT2D eigenvalue weighted by Gasteiger charge is 1.98. The van der Waals surface area contributed by atoms with Crippen LogP contribution in [0.2, 0.25) is 0 Å². The highest BCUT2D eigenvalue weighted by molar-refractivity contribution is 6.17. The molecule has 0 fully saturated rings. The Balaban J connectivity index is 3.04. The molecule has 0 bridgehead atoms. The number of aldehydes is 1. The van der Waals surface area contributed by atoms with Crippen LogP contribution in [0.4, 0.5) is 0 Å². The van der Waals surface area contributed by atoms with Crippen molar-refractivity contribution in [1.29, 1.82) is 0 Å². The molecule has 1 nitrogen and oxygen atoms in total. The molecule has 1 atom stereocenters. The molecule has 1 unspecified atom stereocenters. The van der Waals surface area contributed by atoms with Gasteiger partial charge >= 0.3 is 0 Å². The van der Waals surface area contributed by atoms with Crippen LogP contribution in [0.25, 0.3) is 0 Å². The molecular formula is C7H13ClO. The Morgan fingerprint density at radius 1 is 1.56 bits per heavy atom. The van der Waals surface area contributed by atoms with Gasteiger partial charge in [0.05, 0.1) is 0 Å². The molecule has 0 aromatic rings. The van der Waals surface area contributed by atoms with Crippen molar-refractivity contribution in [1.82, 2.24) is 0 Å². The van der Waals surface area contributed by atoms with Crippen LogP contribution < -0.4 is 0 Å². The molecule has 0 aromatic carbocycles. The van der Waals surface area contributed by atoms with Gasteiger partial charge in [-0.3, -0.25) is 0 Å². The Hall–Kier alpha value is -0.0400. The third kappa shape index (κ3) is 5.84. The Kier molecular flexibility index (Phi) is 6.06. The second kappa shape index (κ2) is 6.09. The molecule has 0 radical (unpaired) electrons. The van der Waals surface area contributed by atoms with E-state index in [1.165, 1.54) is 0 Å². The van der Waals surface area contributed by atoms with Crippen molar-refractivity contribution in [2.24, 2.45) is 5.92 Å². The molecule has 0 aliphatic rings. The fourth-order valence-corrected chi connectivity index (χ4v) is 1.06. The fourth-order valence-electron chi connectivity index (χ4n) is 0.683. The summed E-state index contributed by atoms with van der Waals surface area (Å²) in [6.07, 6.45) is 3.65. The summed E-state index contributed by atoms with van der Waals surface area (Å²) < 4.78 is 0. The van der Waals surface area contributed by atoms with Gasteiger partial charge in [-0.25, -0.2) is 0 Å². The fraction of sp³-hybridized carbons (Fsp3) is 0.857. The van der Waals surface area contributed by atoms with E-state index in [1.807, 2.05) is 0 Å². The first kappa shape index (κ1) is 8.96. The zero-order valence-corrected chi connectivity index (χ0v) is 6.53. The van der Waals surface area contributed by atoms with Crippen molar-refractivity contribution in [3.63, 3.8) is 0 Å². The van der Waals surface area contributed by atoms with Crippen molar-refractivity contribution in [3.05, 3.63) is 0 Å². The van der Waals surface area contributed by atoms with E-state index in [2.05, 4.69) is 6.92 Å². The van der Waals surface area contributed by atoms with E-state index in [1.54, 1.807) is 0 Å². The monoisotopic (exact) mass is 148 g/mol. The Morgan fingerprint density at radius 2 is 2.22 bits per heavy atom. The summed E-state index contributed by atoms with van der Waals surface area (Å²) in [6.45, 7) is 2.12. The second-order valence-corrected chi connectivity index (χ2v) is 2.70. The Labute approximate surface area is 61.4 Å². The maximum absolute atomic E-state index is 9.88. The summed E-state index contributed by atoms with van der Waals surface area (Å²) in [5, 5.41) is 0. The van der Waals surface area contributed by atoms with Crippen LogP contribution in [-0.2, 0) is 4.79 Å². The van der Waals surface area contributed by atoms with Crippen molar-refractivity contribution >= 4 is 17.9 Å². The van der Waals surface area contributed by atoms with Crippen LogP contribution in [-0.4, -0.2) is 12.2 Å². The van der Waals surface area contributed by atoms with E-state index in [0.29, 0.717) is 18.2 Å². The lowest BCUT2D eigenvalue weighted by molar-refractivity contribution is -0.108. The summed E-state index contributed by atoms with van der Waals surface area (Å²) in [6, 6.07) is 0. The molecule has 0 spiro atoms. The van der Waals surface area contributed by atoms with Gasteiger partial charge in [-0.05, 0) is 18.8 Å². The van der Waals surface area contributed by atoms with Gasteiger partial charge in [0.2, 0.25) is 0 Å². The van der Waals surface area contributed by atoms with Crippen LogP contribution in [0.3, 0.4) is 0 Å². The number of hydrogen-bond donors (Lipinski definition) is 0. The summed E-state index contributed by atoms with van der Waals surface area (Å²) >= 11 is 5.49. The Bertz CT molecular complexity index is 73.3. The number of rotatable bonds is 5. The molecular weight excluding hydrogens is 136 g/mol. The van der Waals surface area contributed by atoms with E-state index in [9.17, 15) is 4.79 Å². The van der Waals surface area contributed by atoms with Crippen LogP contribution >= 0.6 is 11.6 Å². The SMILES string of the molecule is CC(CCCl)CCC=O. The molecule has 0 aliphatic carbocycles. The molecule has 0 amide bonds. The topological polar surface area (TPSA) is 17.1 Å². The lowest BCUT2D eigenvalue weighted by Crippen LogP contribution is -1.95. The van der Waals surface area contributed by atoms with Gasteiger partial charge in [-0.2, -0.15) is 0 Å². The first-order valence-corrected chi connectivity index (χ1v) is 3.84. The minimum absolute atomic E-state index is 0.604. The zero-order chi connectivity index (χ0) is 7.11. The predicted octanol–water partition coefficient (Wildman–Crippen LogP) is 2.23. The molecule has 9 heavy (non-hydrogen) atoms. The number of halogens is 1. The van der Waals surface area contributed by atoms with Crippen LogP contribution in [0.15, 0.2) is 0 Å². The molecule has 0 aromatic heterocycles. The summed E-state index contributed by atoms with van der Waals surface area (Å²) in [5.41, 5.74) is 0. The zero-order valence-electron chi connectivity index (χ0n) is 5.77. The summed E-state index contributed by atoms with van der Waals surface area (Å²) in [7, 11) is 0. The van der Waals surface area contributed by atoms with E-state index < -0.39 is 0 Å². The third-order valence-corrected chi connectivity index (χ3v) is 1.60. The Morgan fingerprint density at radius 3 is 2.67 bits per heavy atom. The lowest BCUT2D eigenvalue weighted by atomic mass is 10.0. The van der Waals surface area contributed by atoms with E-state index >= 15 is 0 Å². The van der Waals surface area contributed by atoms with Crippen molar-refractivity contribution < 1.29 is 4.79 Å². The quantitative estimate of drug-likeness (QED) is 0.432. The first-order valence-electron chi connectivity index (χ1n) is 3.31. The van der Waals surface area contributed by atoms with Crippen LogP contribution in [0.1, 0.15) is 26.2 Å². The van der Waals surface area contributed by atoms with Gasteiger partial charge < -0.3 is 4.79 Å². The largest absolute Gasteiger partial charge is 0.303 e. The van der Waals surface area contributed by atoms with Gasteiger partial charge in [0.15, 0.2) is 0 Å². The van der Waals surface area contributed by atoms with E-state index in [0.717, 1.165) is 19.1 Å². The van der Waals surface area contributed by atoms with Crippen LogP contribution in [0.5, 0.6) is 0 Å². The van der Waals surface area contributed by atoms with Crippen molar-refractivity contribution in [3.8, 4) is 0 Å². The number of carbonyl (C=O) groups is 1. The van der Waals surface area contributed by atoms with Crippen molar-refractivity contribution in [2.75, 3.05) is 5.88 Å². The van der Waals surface area contributed by atoms with Crippen LogP contribution in [0, 0.1) is 5.92 Å². The molecule has 0 N–H and O–H groups in total. The van der Waals surface area contributed by atoms with Gasteiger partial charge in [0.1, 0.15) is 6.29 Å². The minimum atomic E-state index is 0.604. The second-order valence-electron chi connectivity index (χ2n) is 2.33. The lowest BCUT2D eigenvalue weighted by Gasteiger charge is -2.04. The summed E-state index contributed by atoms with van der Waals surface area (Å²) in [5.74, 6) is 1.31. The molecule has 0 heterocycles. The van der Waals surface area contributed by atoms with Gasteiger partial charge in [-0.15, -0.1) is 11.6 Å². The van der Waals surface area contributed by atoms with Gasteiger partial charge in [0.25, 0.3) is 0 Å². The molecule has 0 saturated heterocycles. The normalized spacial score (nSPS) is 13.1. The molecule has 0 saturated carbocycles. The highest BCUT2D eigenvalue weighted by atomic mass is 35.5. The van der Waals surface area contributed by atoms with Crippen molar-refractivity contribution in [2.45, 2.75) is 26.2 Å². The third-order valence-electron chi connectivity index (χ3n) is 1.38. The van der Waals surface area contributed by atoms with E-state index in [-0.39, 0.29) is 0 Å². The average molecular weight is 149 g/mol. The number of carbonyl (C=O) groups excluding carboxylic acids is 1. The maximum atomic E-state index is 9.88. The molecule has 0 aliphatic heterocycles. The van der Waals surface area contributed by atoms with E-state index in [4.69, 9.17) is 11.6 Å². The molecule has 0 rings (SSSR count). The maximum Gasteiger partial charge on any atom is 0.120 e. The highest BCUT2D eigenvalue weighted by Crippen LogP contribution is 2.09.